The highest BCUT2D eigenvalue weighted by molar-refractivity contribution is 6.24. The average molecular weight is 511 g/mol. The van der Waals surface area contributed by atoms with E-state index in [1.165, 1.54) is 82.4 Å². The molecule has 0 nitrogen and oxygen atoms in total. The van der Waals surface area contributed by atoms with Gasteiger partial charge in [-0.1, -0.05) is 147 Å². The second kappa shape index (κ2) is 8.41. The lowest BCUT2D eigenvalue weighted by atomic mass is 9.80. The molecule has 190 valence electrons. The maximum absolute atomic E-state index is 2.40. The van der Waals surface area contributed by atoms with Crippen molar-refractivity contribution >= 4 is 32.3 Å². The first-order valence-corrected chi connectivity index (χ1v) is 14.2. The third-order valence-electron chi connectivity index (χ3n) is 9.12. The topological polar surface area (TPSA) is 0 Å². The van der Waals surface area contributed by atoms with Crippen molar-refractivity contribution in [2.75, 3.05) is 0 Å². The molecule has 0 unspecified atom stereocenters. The molecule has 0 N–H and O–H groups in total. The van der Waals surface area contributed by atoms with Gasteiger partial charge < -0.3 is 0 Å². The zero-order valence-electron chi connectivity index (χ0n) is 23.1. The average Bonchev–Trinajstić information content (AvgIpc) is 3.22. The van der Waals surface area contributed by atoms with Gasteiger partial charge in [-0.05, 0) is 83.7 Å². The van der Waals surface area contributed by atoms with E-state index in [0.717, 1.165) is 0 Å². The minimum absolute atomic E-state index is 0.0354. The van der Waals surface area contributed by atoms with Gasteiger partial charge in [-0.25, -0.2) is 0 Å². The van der Waals surface area contributed by atoms with Crippen LogP contribution in [0.5, 0.6) is 0 Å². The molecule has 0 atom stereocenters. The van der Waals surface area contributed by atoms with Gasteiger partial charge in [0.2, 0.25) is 0 Å². The van der Waals surface area contributed by atoms with Crippen LogP contribution >= 0.6 is 0 Å². The van der Waals surface area contributed by atoms with E-state index in [4.69, 9.17) is 0 Å². The molecule has 0 radical (unpaired) electrons. The summed E-state index contributed by atoms with van der Waals surface area (Å²) in [5, 5.41) is 7.79. The van der Waals surface area contributed by atoms with Gasteiger partial charge >= 0.3 is 0 Å². The van der Waals surface area contributed by atoms with E-state index in [-0.39, 0.29) is 5.41 Å². The highest BCUT2D eigenvalue weighted by atomic mass is 14.4. The predicted molar refractivity (Wildman–Crippen MR) is 172 cm³/mol. The Balaban J connectivity index is 1.57. The summed E-state index contributed by atoms with van der Waals surface area (Å²) in [7, 11) is 0. The molecule has 0 amide bonds. The molecule has 0 saturated heterocycles. The summed E-state index contributed by atoms with van der Waals surface area (Å²) in [5.41, 5.74) is 12.1. The second-order valence-electron chi connectivity index (χ2n) is 11.8. The highest BCUT2D eigenvalue weighted by Gasteiger charge is 2.37. The zero-order valence-corrected chi connectivity index (χ0v) is 23.1. The molecule has 40 heavy (non-hydrogen) atoms. The molecule has 0 heterocycles. The predicted octanol–water partition coefficient (Wildman–Crippen LogP) is 11.1. The van der Waals surface area contributed by atoms with Gasteiger partial charge in [0.05, 0.1) is 0 Å². The molecule has 7 aromatic rings. The summed E-state index contributed by atoms with van der Waals surface area (Å²) < 4.78 is 0. The van der Waals surface area contributed by atoms with Crippen LogP contribution in [0.15, 0.2) is 127 Å². The standard InChI is InChI=1S/C40H30/c1-25-22-23-31-34(24-25)38(33-19-11-21-36-39(33)32-17-8-9-20-35(32)40(36,2)3)30-16-7-6-15-29(30)37(31)28-18-10-13-26-12-4-5-14-27(26)28/h4-24H,1-3H3. The van der Waals surface area contributed by atoms with Crippen molar-refractivity contribution < 1.29 is 0 Å². The number of fused-ring (bicyclic) bond motifs is 6. The maximum atomic E-state index is 2.40. The van der Waals surface area contributed by atoms with Gasteiger partial charge in [-0.2, -0.15) is 0 Å². The minimum atomic E-state index is -0.0354. The summed E-state index contributed by atoms with van der Waals surface area (Å²) >= 11 is 0. The lowest BCUT2D eigenvalue weighted by molar-refractivity contribution is 0.660. The van der Waals surface area contributed by atoms with Crippen LogP contribution < -0.4 is 0 Å². The van der Waals surface area contributed by atoms with E-state index in [2.05, 4.69) is 148 Å². The van der Waals surface area contributed by atoms with E-state index in [1.807, 2.05) is 0 Å². The molecule has 7 aromatic carbocycles. The minimum Gasteiger partial charge on any atom is -0.0619 e. The molecule has 1 aliphatic rings. The van der Waals surface area contributed by atoms with Gasteiger partial charge in [0.25, 0.3) is 0 Å². The van der Waals surface area contributed by atoms with Crippen molar-refractivity contribution in [2.24, 2.45) is 0 Å². The molecule has 1 aliphatic carbocycles. The highest BCUT2D eigenvalue weighted by Crippen LogP contribution is 2.54. The van der Waals surface area contributed by atoms with Crippen LogP contribution in [0, 0.1) is 6.92 Å². The van der Waals surface area contributed by atoms with Crippen molar-refractivity contribution in [3.05, 3.63) is 144 Å². The van der Waals surface area contributed by atoms with Gasteiger partial charge in [-0.3, -0.25) is 0 Å². The normalized spacial score (nSPS) is 13.6. The largest absolute Gasteiger partial charge is 0.0619 e. The Morgan fingerprint density at radius 1 is 0.400 bits per heavy atom. The van der Waals surface area contributed by atoms with Crippen LogP contribution in [0.3, 0.4) is 0 Å². The van der Waals surface area contributed by atoms with E-state index >= 15 is 0 Å². The van der Waals surface area contributed by atoms with Crippen LogP contribution in [0.2, 0.25) is 0 Å². The van der Waals surface area contributed by atoms with Gasteiger partial charge in [0, 0.05) is 5.41 Å². The lowest BCUT2D eigenvalue weighted by Crippen LogP contribution is -2.14. The van der Waals surface area contributed by atoms with E-state index in [1.54, 1.807) is 0 Å². The van der Waals surface area contributed by atoms with Crippen molar-refractivity contribution in [1.82, 2.24) is 0 Å². The van der Waals surface area contributed by atoms with E-state index < -0.39 is 0 Å². The maximum Gasteiger partial charge on any atom is 0.0159 e. The molecule has 0 spiro atoms. The Hall–Kier alpha value is -4.68. The van der Waals surface area contributed by atoms with E-state index in [0.29, 0.717) is 0 Å². The first kappa shape index (κ1) is 23.2. The first-order valence-electron chi connectivity index (χ1n) is 14.2. The van der Waals surface area contributed by atoms with Crippen molar-refractivity contribution in [3.8, 4) is 33.4 Å². The molecule has 0 saturated carbocycles. The van der Waals surface area contributed by atoms with Gasteiger partial charge in [-0.15, -0.1) is 0 Å². The molecular formula is C40H30. The summed E-state index contributed by atoms with van der Waals surface area (Å²) in [6.07, 6.45) is 0. The molecule has 0 bridgehead atoms. The van der Waals surface area contributed by atoms with Crippen molar-refractivity contribution in [1.29, 1.82) is 0 Å². The summed E-state index contributed by atoms with van der Waals surface area (Å²) in [6.45, 7) is 6.95. The molecule has 0 aromatic heterocycles. The number of hydrogen-bond donors (Lipinski definition) is 0. The number of rotatable bonds is 2. The molecule has 0 aliphatic heterocycles. The Morgan fingerprint density at radius 2 is 0.950 bits per heavy atom. The van der Waals surface area contributed by atoms with Crippen LogP contribution in [0.1, 0.15) is 30.5 Å². The quantitative estimate of drug-likeness (QED) is 0.203. The molecular weight excluding hydrogens is 480 g/mol. The molecule has 0 fully saturated rings. The zero-order chi connectivity index (χ0) is 27.0. The van der Waals surface area contributed by atoms with E-state index in [9.17, 15) is 0 Å². The summed E-state index contributed by atoms with van der Waals surface area (Å²) in [6, 6.07) is 47.4. The SMILES string of the molecule is Cc1ccc2c(-c3cccc4ccccc34)c3ccccc3c(-c3cccc4c3-c3ccccc3C4(C)C)c2c1. The summed E-state index contributed by atoms with van der Waals surface area (Å²) in [4.78, 5) is 0. The van der Waals surface area contributed by atoms with Gasteiger partial charge in [0.15, 0.2) is 0 Å². The molecule has 8 rings (SSSR count). The number of hydrogen-bond acceptors (Lipinski definition) is 0. The number of aryl methyl sites for hydroxylation is 1. The fourth-order valence-corrected chi connectivity index (χ4v) is 7.28. The first-order chi connectivity index (χ1) is 19.5. The van der Waals surface area contributed by atoms with Crippen LogP contribution in [-0.4, -0.2) is 0 Å². The van der Waals surface area contributed by atoms with Crippen molar-refractivity contribution in [3.63, 3.8) is 0 Å². The molecule has 0 heteroatoms. The monoisotopic (exact) mass is 510 g/mol. The Labute approximate surface area is 235 Å². The second-order valence-corrected chi connectivity index (χ2v) is 11.8. The third kappa shape index (κ3) is 3.14. The fraction of sp³-hybridized carbons (Fsp3) is 0.100. The Morgan fingerprint density at radius 3 is 1.77 bits per heavy atom. The smallest absolute Gasteiger partial charge is 0.0159 e. The Kier molecular flexibility index (Phi) is 4.88. The van der Waals surface area contributed by atoms with Crippen LogP contribution in [0.4, 0.5) is 0 Å². The van der Waals surface area contributed by atoms with Crippen LogP contribution in [0.25, 0.3) is 65.7 Å². The third-order valence-corrected chi connectivity index (χ3v) is 9.12. The Bertz CT molecular complexity index is 2140. The van der Waals surface area contributed by atoms with Gasteiger partial charge in [0.1, 0.15) is 0 Å². The summed E-state index contributed by atoms with van der Waals surface area (Å²) in [5.74, 6) is 0. The lowest BCUT2D eigenvalue weighted by Gasteiger charge is -2.23. The number of benzene rings is 7. The fourth-order valence-electron chi connectivity index (χ4n) is 7.28. The van der Waals surface area contributed by atoms with Crippen molar-refractivity contribution in [2.45, 2.75) is 26.2 Å². The van der Waals surface area contributed by atoms with Crippen LogP contribution in [-0.2, 0) is 5.41 Å².